The Bertz CT molecular complexity index is 977. The van der Waals surface area contributed by atoms with Gasteiger partial charge in [-0.1, -0.05) is 12.1 Å². The van der Waals surface area contributed by atoms with Crippen LogP contribution < -0.4 is 16.4 Å². The van der Waals surface area contributed by atoms with E-state index in [1.165, 1.54) is 36.4 Å². The molecule has 0 saturated carbocycles. The van der Waals surface area contributed by atoms with Crippen LogP contribution in [0.1, 0.15) is 35.2 Å². The van der Waals surface area contributed by atoms with Crippen molar-refractivity contribution in [3.8, 4) is 5.75 Å². The number of hydrogen-bond acceptors (Lipinski definition) is 7. The van der Waals surface area contributed by atoms with Gasteiger partial charge in [0.25, 0.3) is 11.6 Å². The number of nitro benzene ring substituents is 1. The van der Waals surface area contributed by atoms with E-state index in [9.17, 15) is 34.7 Å². The Labute approximate surface area is 189 Å². The standard InChI is InChI=1S/C22H26N4O7/c23-18(13-14-4-10-17(27)11-5-14)21(29)24-12-2-1-3-19(22(30)31)25-20(28)15-6-8-16(9-7-15)26(32)33/h4-11,18-19,27H,1-3,12-13,23H2,(H,24,29)(H,25,28)(H,30,31)/t18-,19+/m0/s1. The van der Waals surface area contributed by atoms with Crippen molar-refractivity contribution in [3.05, 3.63) is 69.8 Å². The van der Waals surface area contributed by atoms with Gasteiger partial charge in [-0.05, 0) is 55.5 Å². The third kappa shape index (κ3) is 8.22. The Balaban J connectivity index is 1.73. The lowest BCUT2D eigenvalue weighted by molar-refractivity contribution is -0.384. The minimum Gasteiger partial charge on any atom is -0.508 e. The van der Waals surface area contributed by atoms with Crippen molar-refractivity contribution in [1.29, 1.82) is 0 Å². The first-order valence-corrected chi connectivity index (χ1v) is 10.3. The van der Waals surface area contributed by atoms with Crippen molar-refractivity contribution in [1.82, 2.24) is 10.6 Å². The molecule has 0 spiro atoms. The molecule has 11 heteroatoms. The molecule has 0 unspecified atom stereocenters. The van der Waals surface area contributed by atoms with Crippen LogP contribution in [0, 0.1) is 10.1 Å². The molecule has 0 aliphatic carbocycles. The molecule has 0 aromatic heterocycles. The molecule has 0 aliphatic heterocycles. The van der Waals surface area contributed by atoms with Crippen molar-refractivity contribution in [2.75, 3.05) is 6.54 Å². The molecule has 176 valence electrons. The van der Waals surface area contributed by atoms with Crippen molar-refractivity contribution < 1.29 is 29.5 Å². The van der Waals surface area contributed by atoms with Gasteiger partial charge in [-0.2, -0.15) is 0 Å². The molecule has 2 atom stereocenters. The third-order valence-electron chi connectivity index (χ3n) is 4.89. The fraction of sp³-hybridized carbons (Fsp3) is 0.318. The Hall–Kier alpha value is -3.99. The molecule has 0 bridgehead atoms. The zero-order valence-corrected chi connectivity index (χ0v) is 17.8. The monoisotopic (exact) mass is 458 g/mol. The minimum atomic E-state index is -1.20. The van der Waals surface area contributed by atoms with E-state index in [0.717, 1.165) is 5.56 Å². The number of nitrogens with zero attached hydrogens (tertiary/aromatic N) is 1. The summed E-state index contributed by atoms with van der Waals surface area (Å²) in [6, 6.07) is 9.33. The average Bonchev–Trinajstić information content (AvgIpc) is 2.79. The van der Waals surface area contributed by atoms with Gasteiger partial charge in [0, 0.05) is 24.2 Å². The van der Waals surface area contributed by atoms with Crippen LogP contribution in [0.15, 0.2) is 48.5 Å². The summed E-state index contributed by atoms with van der Waals surface area (Å²) in [6.07, 6.45) is 1.35. The quantitative estimate of drug-likeness (QED) is 0.179. The second kappa shape index (κ2) is 12.2. The fourth-order valence-electron chi connectivity index (χ4n) is 3.03. The second-order valence-corrected chi connectivity index (χ2v) is 7.43. The Kier molecular flexibility index (Phi) is 9.30. The number of non-ortho nitro benzene ring substituents is 1. The second-order valence-electron chi connectivity index (χ2n) is 7.43. The highest BCUT2D eigenvalue weighted by Gasteiger charge is 2.21. The fourth-order valence-corrected chi connectivity index (χ4v) is 3.03. The van der Waals surface area contributed by atoms with Crippen LogP contribution in [-0.2, 0) is 16.0 Å². The molecule has 2 rings (SSSR count). The summed E-state index contributed by atoms with van der Waals surface area (Å²) in [5.41, 5.74) is 6.64. The van der Waals surface area contributed by atoms with Gasteiger partial charge in [-0.3, -0.25) is 19.7 Å². The molecule has 2 aromatic rings. The van der Waals surface area contributed by atoms with E-state index in [0.29, 0.717) is 25.8 Å². The van der Waals surface area contributed by atoms with E-state index < -0.39 is 28.9 Å². The number of amides is 2. The van der Waals surface area contributed by atoms with Gasteiger partial charge in [0.15, 0.2) is 0 Å². The lowest BCUT2D eigenvalue weighted by atomic mass is 10.1. The number of nitrogens with two attached hydrogens (primary N) is 1. The Morgan fingerprint density at radius 1 is 1.03 bits per heavy atom. The lowest BCUT2D eigenvalue weighted by Gasteiger charge is -2.15. The summed E-state index contributed by atoms with van der Waals surface area (Å²) in [7, 11) is 0. The van der Waals surface area contributed by atoms with Gasteiger partial charge >= 0.3 is 5.97 Å². The first-order valence-electron chi connectivity index (χ1n) is 10.3. The molecule has 6 N–H and O–H groups in total. The highest BCUT2D eigenvalue weighted by molar-refractivity contribution is 5.96. The van der Waals surface area contributed by atoms with E-state index in [2.05, 4.69) is 10.6 Å². The predicted molar refractivity (Wildman–Crippen MR) is 119 cm³/mol. The first-order chi connectivity index (χ1) is 15.7. The zero-order chi connectivity index (χ0) is 24.4. The van der Waals surface area contributed by atoms with Gasteiger partial charge in [0.05, 0.1) is 11.0 Å². The number of phenols is 1. The SMILES string of the molecule is N[C@@H](Cc1ccc(O)cc1)C(=O)NCCCC[C@@H](NC(=O)c1ccc([N+](=O)[O-])cc1)C(=O)O. The minimum absolute atomic E-state index is 0.113. The van der Waals surface area contributed by atoms with Gasteiger partial charge in [0.2, 0.25) is 5.91 Å². The number of unbranched alkanes of at least 4 members (excludes halogenated alkanes) is 1. The molecule has 2 aromatic carbocycles. The third-order valence-corrected chi connectivity index (χ3v) is 4.89. The number of carboxylic acids is 1. The van der Waals surface area contributed by atoms with E-state index in [1.54, 1.807) is 12.1 Å². The molecule has 0 aliphatic rings. The van der Waals surface area contributed by atoms with E-state index in [4.69, 9.17) is 5.73 Å². The van der Waals surface area contributed by atoms with Crippen LogP contribution in [0.5, 0.6) is 5.75 Å². The summed E-state index contributed by atoms with van der Waals surface area (Å²) in [4.78, 5) is 45.9. The number of nitrogens with one attached hydrogen (secondary N) is 2. The van der Waals surface area contributed by atoms with Crippen LogP contribution in [0.4, 0.5) is 5.69 Å². The smallest absolute Gasteiger partial charge is 0.326 e. The normalized spacial score (nSPS) is 12.4. The number of aliphatic carboxylic acids is 1. The number of benzene rings is 2. The van der Waals surface area contributed by atoms with Crippen LogP contribution in [-0.4, -0.2) is 51.5 Å². The Morgan fingerprint density at radius 2 is 1.67 bits per heavy atom. The molecule has 0 saturated heterocycles. The maximum Gasteiger partial charge on any atom is 0.326 e. The highest BCUT2D eigenvalue weighted by atomic mass is 16.6. The topological polar surface area (TPSA) is 185 Å². The number of carboxylic acid groups (broad SMARTS) is 1. The lowest BCUT2D eigenvalue weighted by Crippen LogP contribution is -2.42. The van der Waals surface area contributed by atoms with Crippen LogP contribution in [0.2, 0.25) is 0 Å². The van der Waals surface area contributed by atoms with Gasteiger partial charge in [-0.25, -0.2) is 4.79 Å². The molecular weight excluding hydrogens is 432 g/mol. The molecule has 33 heavy (non-hydrogen) atoms. The summed E-state index contributed by atoms with van der Waals surface area (Å²) >= 11 is 0. The highest BCUT2D eigenvalue weighted by Crippen LogP contribution is 2.13. The van der Waals surface area contributed by atoms with E-state index in [1.807, 2.05) is 0 Å². The maximum atomic E-state index is 12.2. The molecule has 11 nitrogen and oxygen atoms in total. The van der Waals surface area contributed by atoms with Gasteiger partial charge in [-0.15, -0.1) is 0 Å². The first kappa shape index (κ1) is 25.3. The van der Waals surface area contributed by atoms with Gasteiger partial charge in [0.1, 0.15) is 11.8 Å². The summed E-state index contributed by atoms with van der Waals surface area (Å²) in [6.45, 7) is 0.296. The number of carbonyl (C=O) groups is 3. The number of hydrogen-bond donors (Lipinski definition) is 5. The number of nitro groups is 1. The molecular formula is C22H26N4O7. The number of aromatic hydroxyl groups is 1. The number of carbonyl (C=O) groups excluding carboxylic acids is 2. The summed E-state index contributed by atoms with van der Waals surface area (Å²) < 4.78 is 0. The largest absolute Gasteiger partial charge is 0.508 e. The van der Waals surface area contributed by atoms with E-state index in [-0.39, 0.29) is 29.3 Å². The van der Waals surface area contributed by atoms with Crippen LogP contribution in [0.3, 0.4) is 0 Å². The Morgan fingerprint density at radius 3 is 2.24 bits per heavy atom. The predicted octanol–water partition coefficient (Wildman–Crippen LogP) is 1.34. The van der Waals surface area contributed by atoms with Crippen molar-refractivity contribution in [2.45, 2.75) is 37.8 Å². The molecule has 0 fully saturated rings. The number of rotatable bonds is 12. The average molecular weight is 458 g/mol. The summed E-state index contributed by atoms with van der Waals surface area (Å²) in [5, 5.41) is 34.4. The summed E-state index contributed by atoms with van der Waals surface area (Å²) in [5.74, 6) is -2.07. The van der Waals surface area contributed by atoms with Crippen molar-refractivity contribution in [2.24, 2.45) is 5.73 Å². The van der Waals surface area contributed by atoms with Crippen molar-refractivity contribution >= 4 is 23.5 Å². The van der Waals surface area contributed by atoms with E-state index >= 15 is 0 Å². The number of phenolic OH excluding ortho intramolecular Hbond substituents is 1. The van der Waals surface area contributed by atoms with Crippen LogP contribution >= 0.6 is 0 Å². The van der Waals surface area contributed by atoms with Gasteiger partial charge < -0.3 is 26.6 Å². The van der Waals surface area contributed by atoms with Crippen LogP contribution in [0.25, 0.3) is 0 Å². The molecule has 0 radical (unpaired) electrons. The molecule has 0 heterocycles. The molecule has 2 amide bonds. The zero-order valence-electron chi connectivity index (χ0n) is 17.8. The maximum absolute atomic E-state index is 12.2. The van der Waals surface area contributed by atoms with Crippen molar-refractivity contribution in [3.63, 3.8) is 0 Å².